The van der Waals surface area contributed by atoms with Crippen LogP contribution >= 0.6 is 0 Å². The van der Waals surface area contributed by atoms with Crippen molar-refractivity contribution in [3.63, 3.8) is 0 Å². The van der Waals surface area contributed by atoms with E-state index in [0.29, 0.717) is 18.8 Å². The SMILES string of the molecule is Cc1cc(C)c2[nH]c(C)c(CC(=O)NCc3nc(C)cc(C)n3)c2c1. The number of hydrogen-bond acceptors (Lipinski definition) is 3. The third kappa shape index (κ3) is 3.71. The van der Waals surface area contributed by atoms with Crippen molar-refractivity contribution < 1.29 is 4.79 Å². The van der Waals surface area contributed by atoms with Gasteiger partial charge in [0.25, 0.3) is 0 Å². The predicted octanol–water partition coefficient (Wildman–Crippen LogP) is 3.36. The van der Waals surface area contributed by atoms with Crippen LogP contribution in [0, 0.1) is 34.6 Å². The van der Waals surface area contributed by atoms with Gasteiger partial charge in [-0.25, -0.2) is 9.97 Å². The summed E-state index contributed by atoms with van der Waals surface area (Å²) in [7, 11) is 0. The van der Waals surface area contributed by atoms with Crippen LogP contribution in [0.1, 0.15) is 39.6 Å². The first-order valence-electron chi connectivity index (χ1n) is 8.49. The topological polar surface area (TPSA) is 70.7 Å². The number of carbonyl (C=O) groups excluding carboxylic acids is 1. The number of fused-ring (bicyclic) bond motifs is 1. The first kappa shape index (κ1) is 17.1. The maximum Gasteiger partial charge on any atom is 0.224 e. The highest BCUT2D eigenvalue weighted by molar-refractivity contribution is 5.92. The number of carbonyl (C=O) groups is 1. The van der Waals surface area contributed by atoms with Gasteiger partial charge in [0.05, 0.1) is 13.0 Å². The van der Waals surface area contributed by atoms with Crippen molar-refractivity contribution in [2.75, 3.05) is 0 Å². The van der Waals surface area contributed by atoms with Crippen LogP contribution < -0.4 is 5.32 Å². The van der Waals surface area contributed by atoms with Gasteiger partial charge in [-0.15, -0.1) is 0 Å². The van der Waals surface area contributed by atoms with Crippen molar-refractivity contribution in [3.8, 4) is 0 Å². The molecule has 0 fully saturated rings. The third-order valence-corrected chi connectivity index (χ3v) is 4.38. The van der Waals surface area contributed by atoms with Crippen LogP contribution in [-0.4, -0.2) is 20.9 Å². The number of hydrogen-bond donors (Lipinski definition) is 2. The number of aryl methyl sites for hydroxylation is 5. The van der Waals surface area contributed by atoms with Gasteiger partial charge in [0.1, 0.15) is 5.82 Å². The molecular formula is C20H24N4O. The zero-order valence-corrected chi connectivity index (χ0v) is 15.4. The van der Waals surface area contributed by atoms with Crippen molar-refractivity contribution in [2.45, 2.75) is 47.6 Å². The van der Waals surface area contributed by atoms with Crippen molar-refractivity contribution in [3.05, 3.63) is 57.8 Å². The summed E-state index contributed by atoms with van der Waals surface area (Å²) in [6.45, 7) is 10.4. The number of aromatic amines is 1. The van der Waals surface area contributed by atoms with Gasteiger partial charge in [0.15, 0.2) is 0 Å². The molecular weight excluding hydrogens is 312 g/mol. The van der Waals surface area contributed by atoms with Gasteiger partial charge >= 0.3 is 0 Å². The van der Waals surface area contributed by atoms with Gasteiger partial charge in [-0.1, -0.05) is 11.6 Å². The summed E-state index contributed by atoms with van der Waals surface area (Å²) in [5, 5.41) is 4.07. The smallest absolute Gasteiger partial charge is 0.224 e. The molecule has 0 unspecified atom stereocenters. The summed E-state index contributed by atoms with van der Waals surface area (Å²) in [6.07, 6.45) is 0.347. The maximum atomic E-state index is 12.4. The van der Waals surface area contributed by atoms with E-state index in [-0.39, 0.29) is 5.91 Å². The molecule has 0 spiro atoms. The molecule has 1 amide bonds. The standard InChI is InChI=1S/C20H24N4O/c1-11-6-12(2)20-17(7-11)16(15(5)24-20)9-19(25)21-10-18-22-13(3)8-14(4)23-18/h6-8,24H,9-10H2,1-5H3,(H,21,25). The minimum absolute atomic E-state index is 0.0223. The van der Waals surface area contributed by atoms with Gasteiger partial charge in [-0.2, -0.15) is 0 Å². The van der Waals surface area contributed by atoms with E-state index in [1.54, 1.807) is 0 Å². The molecule has 0 saturated carbocycles. The highest BCUT2D eigenvalue weighted by Gasteiger charge is 2.14. The number of H-pyrrole nitrogens is 1. The van der Waals surface area contributed by atoms with Gasteiger partial charge < -0.3 is 10.3 Å². The van der Waals surface area contributed by atoms with E-state index in [1.807, 2.05) is 26.8 Å². The number of nitrogens with one attached hydrogen (secondary N) is 2. The lowest BCUT2D eigenvalue weighted by Gasteiger charge is -2.07. The van der Waals surface area contributed by atoms with E-state index in [1.165, 1.54) is 11.1 Å². The highest BCUT2D eigenvalue weighted by Crippen LogP contribution is 2.26. The number of rotatable bonds is 4. The number of amides is 1. The molecule has 5 heteroatoms. The molecule has 0 atom stereocenters. The third-order valence-electron chi connectivity index (χ3n) is 4.38. The van der Waals surface area contributed by atoms with Crippen molar-refractivity contribution in [1.29, 1.82) is 0 Å². The Hall–Kier alpha value is -2.69. The molecule has 0 aliphatic rings. The Kier molecular flexibility index (Phi) is 4.57. The molecule has 0 saturated heterocycles. The molecule has 0 radical (unpaired) electrons. The Morgan fingerprint density at radius 3 is 2.40 bits per heavy atom. The van der Waals surface area contributed by atoms with Crippen LogP contribution in [0.2, 0.25) is 0 Å². The monoisotopic (exact) mass is 336 g/mol. The number of aromatic nitrogens is 3. The summed E-state index contributed by atoms with van der Waals surface area (Å²) < 4.78 is 0. The van der Waals surface area contributed by atoms with Crippen molar-refractivity contribution in [1.82, 2.24) is 20.3 Å². The second-order valence-corrected chi connectivity index (χ2v) is 6.75. The molecule has 0 bridgehead atoms. The number of nitrogens with zero attached hydrogens (tertiary/aromatic N) is 2. The van der Waals surface area contributed by atoms with E-state index in [4.69, 9.17) is 0 Å². The van der Waals surface area contributed by atoms with Crippen molar-refractivity contribution >= 4 is 16.8 Å². The molecule has 0 aliphatic heterocycles. The Bertz CT molecular complexity index is 936. The molecule has 130 valence electrons. The lowest BCUT2D eigenvalue weighted by atomic mass is 10.0. The van der Waals surface area contributed by atoms with E-state index >= 15 is 0 Å². The molecule has 3 aromatic rings. The van der Waals surface area contributed by atoms with Crippen LogP contribution in [0.15, 0.2) is 18.2 Å². The second kappa shape index (κ2) is 6.67. The van der Waals surface area contributed by atoms with E-state index < -0.39 is 0 Å². The summed E-state index contributed by atoms with van der Waals surface area (Å²) >= 11 is 0. The average Bonchev–Trinajstić information content (AvgIpc) is 2.81. The maximum absolute atomic E-state index is 12.4. The molecule has 3 rings (SSSR count). The van der Waals surface area contributed by atoms with E-state index in [0.717, 1.165) is 33.5 Å². The largest absolute Gasteiger partial charge is 0.358 e. The highest BCUT2D eigenvalue weighted by atomic mass is 16.1. The fourth-order valence-corrected chi connectivity index (χ4v) is 3.34. The Labute approximate surface area is 147 Å². The molecule has 2 N–H and O–H groups in total. The van der Waals surface area contributed by atoms with Crippen LogP contribution in [0.3, 0.4) is 0 Å². The first-order chi connectivity index (χ1) is 11.8. The fourth-order valence-electron chi connectivity index (χ4n) is 3.34. The van der Waals surface area contributed by atoms with Gasteiger partial charge in [0.2, 0.25) is 5.91 Å². The van der Waals surface area contributed by atoms with Gasteiger partial charge in [-0.3, -0.25) is 4.79 Å². The zero-order chi connectivity index (χ0) is 18.1. The molecule has 5 nitrogen and oxygen atoms in total. The lowest BCUT2D eigenvalue weighted by Crippen LogP contribution is -2.26. The first-order valence-corrected chi connectivity index (χ1v) is 8.49. The zero-order valence-electron chi connectivity index (χ0n) is 15.4. The molecule has 2 heterocycles. The Balaban J connectivity index is 1.77. The van der Waals surface area contributed by atoms with E-state index in [9.17, 15) is 4.79 Å². The van der Waals surface area contributed by atoms with E-state index in [2.05, 4.69) is 46.2 Å². The van der Waals surface area contributed by atoms with Crippen LogP contribution in [0.25, 0.3) is 10.9 Å². The quantitative estimate of drug-likeness (QED) is 0.767. The second-order valence-electron chi connectivity index (χ2n) is 6.75. The molecule has 25 heavy (non-hydrogen) atoms. The Morgan fingerprint density at radius 2 is 1.72 bits per heavy atom. The lowest BCUT2D eigenvalue weighted by molar-refractivity contribution is -0.120. The summed E-state index contributed by atoms with van der Waals surface area (Å²) in [6, 6.07) is 6.21. The predicted molar refractivity (Wildman–Crippen MR) is 99.6 cm³/mol. The molecule has 0 aliphatic carbocycles. The summed E-state index contributed by atoms with van der Waals surface area (Å²) in [5.41, 5.74) is 7.44. The van der Waals surface area contributed by atoms with Crippen LogP contribution in [-0.2, 0) is 17.8 Å². The van der Waals surface area contributed by atoms with Crippen molar-refractivity contribution in [2.24, 2.45) is 0 Å². The van der Waals surface area contributed by atoms with Crippen LogP contribution in [0.5, 0.6) is 0 Å². The Morgan fingerprint density at radius 1 is 1.04 bits per heavy atom. The minimum atomic E-state index is -0.0223. The average molecular weight is 336 g/mol. The van der Waals surface area contributed by atoms with Crippen LogP contribution in [0.4, 0.5) is 0 Å². The van der Waals surface area contributed by atoms with Gasteiger partial charge in [-0.05, 0) is 57.9 Å². The fraction of sp³-hybridized carbons (Fsp3) is 0.350. The molecule has 2 aromatic heterocycles. The summed E-state index contributed by atoms with van der Waals surface area (Å²) in [5.74, 6) is 0.624. The summed E-state index contributed by atoms with van der Waals surface area (Å²) in [4.78, 5) is 24.6. The minimum Gasteiger partial charge on any atom is -0.358 e. The number of benzene rings is 1. The normalized spacial score (nSPS) is 11.1. The van der Waals surface area contributed by atoms with Gasteiger partial charge in [0, 0.05) is 28.0 Å². The molecule has 1 aromatic carbocycles.